The van der Waals surface area contributed by atoms with Crippen LogP contribution in [0.25, 0.3) is 11.1 Å². The summed E-state index contributed by atoms with van der Waals surface area (Å²) in [4.78, 5) is 24.5. The Kier molecular flexibility index (Phi) is 6.70. The molecule has 0 radical (unpaired) electrons. The highest BCUT2D eigenvalue weighted by atomic mass is 79.9. The second-order valence-electron chi connectivity index (χ2n) is 5.47. The highest BCUT2D eigenvalue weighted by Gasteiger charge is 2.20. The lowest BCUT2D eigenvalue weighted by atomic mass is 9.98. The van der Waals surface area contributed by atoms with Crippen LogP contribution < -0.4 is 5.32 Å². The Morgan fingerprint density at radius 2 is 1.88 bits per heavy atom. The molecule has 0 aliphatic rings. The number of benzene rings is 2. The third-order valence-electron chi connectivity index (χ3n) is 3.72. The van der Waals surface area contributed by atoms with Gasteiger partial charge in [0.2, 0.25) is 0 Å². The van der Waals surface area contributed by atoms with Gasteiger partial charge in [0.15, 0.2) is 5.78 Å². The zero-order valence-electron chi connectivity index (χ0n) is 13.7. The van der Waals surface area contributed by atoms with Gasteiger partial charge in [-0.15, -0.1) is 0 Å². The van der Waals surface area contributed by atoms with Crippen molar-refractivity contribution >= 4 is 27.6 Å². The molecule has 5 heteroatoms. The Morgan fingerprint density at radius 3 is 2.50 bits per heavy atom. The minimum atomic E-state index is -0.551. The molecule has 0 spiro atoms. The number of nitrogens with one attached hydrogen (secondary N) is 1. The van der Waals surface area contributed by atoms with Crippen LogP contribution in [-0.4, -0.2) is 31.4 Å². The topological polar surface area (TPSA) is 55.4 Å². The van der Waals surface area contributed by atoms with E-state index in [2.05, 4.69) is 21.2 Å². The number of hydrogen-bond acceptors (Lipinski definition) is 3. The molecule has 0 fully saturated rings. The fourth-order valence-electron chi connectivity index (χ4n) is 2.42. The molecule has 126 valence electrons. The van der Waals surface area contributed by atoms with Gasteiger partial charge in [-0.1, -0.05) is 46.3 Å². The van der Waals surface area contributed by atoms with Crippen molar-refractivity contribution in [1.29, 1.82) is 0 Å². The first-order valence-electron chi connectivity index (χ1n) is 7.68. The van der Waals surface area contributed by atoms with E-state index in [0.29, 0.717) is 18.6 Å². The van der Waals surface area contributed by atoms with Gasteiger partial charge in [-0.25, -0.2) is 0 Å². The van der Waals surface area contributed by atoms with Gasteiger partial charge in [0.1, 0.15) is 0 Å². The predicted octanol–water partition coefficient (Wildman–Crippen LogP) is 3.84. The van der Waals surface area contributed by atoms with E-state index in [1.54, 1.807) is 13.2 Å². The summed E-state index contributed by atoms with van der Waals surface area (Å²) in [6.07, 6.45) is 0.453. The molecule has 2 rings (SSSR count). The van der Waals surface area contributed by atoms with Gasteiger partial charge in [0.25, 0.3) is 5.91 Å². The van der Waals surface area contributed by atoms with E-state index >= 15 is 0 Å². The fraction of sp³-hybridized carbons (Fsp3) is 0.263. The van der Waals surface area contributed by atoms with Gasteiger partial charge in [0.05, 0.1) is 6.04 Å². The summed E-state index contributed by atoms with van der Waals surface area (Å²) in [5.74, 6) is -0.351. The normalized spacial score (nSPS) is 11.8. The van der Waals surface area contributed by atoms with Crippen LogP contribution in [0.5, 0.6) is 0 Å². The third kappa shape index (κ3) is 4.76. The average Bonchev–Trinajstić information content (AvgIpc) is 2.58. The van der Waals surface area contributed by atoms with Crippen molar-refractivity contribution in [1.82, 2.24) is 5.32 Å². The molecule has 2 aromatic rings. The molecule has 1 amide bonds. The molecule has 0 bridgehead atoms. The lowest BCUT2D eigenvalue weighted by molar-refractivity contribution is -0.119. The molecular weight excluding hydrogens is 370 g/mol. The van der Waals surface area contributed by atoms with Crippen molar-refractivity contribution in [3.8, 4) is 11.1 Å². The second-order valence-corrected chi connectivity index (χ2v) is 6.39. The van der Waals surface area contributed by atoms with E-state index in [9.17, 15) is 9.59 Å². The molecule has 1 atom stereocenters. The van der Waals surface area contributed by atoms with Crippen LogP contribution in [0.15, 0.2) is 53.0 Å². The second kappa shape index (κ2) is 8.76. The molecule has 24 heavy (non-hydrogen) atoms. The lowest BCUT2D eigenvalue weighted by Gasteiger charge is -2.17. The zero-order chi connectivity index (χ0) is 17.5. The lowest BCUT2D eigenvalue weighted by Crippen LogP contribution is -2.40. The summed E-state index contributed by atoms with van der Waals surface area (Å²) in [7, 11) is 1.57. The third-order valence-corrected chi connectivity index (χ3v) is 4.21. The largest absolute Gasteiger partial charge is 0.385 e. The molecule has 0 saturated heterocycles. The molecule has 0 aromatic heterocycles. The Hall–Kier alpha value is -1.98. The average molecular weight is 390 g/mol. The monoisotopic (exact) mass is 389 g/mol. The smallest absolute Gasteiger partial charge is 0.252 e. The minimum absolute atomic E-state index is 0.0845. The van der Waals surface area contributed by atoms with Gasteiger partial charge in [-0.2, -0.15) is 0 Å². The van der Waals surface area contributed by atoms with Crippen LogP contribution in [0, 0.1) is 0 Å². The highest BCUT2D eigenvalue weighted by molar-refractivity contribution is 9.10. The van der Waals surface area contributed by atoms with Crippen molar-refractivity contribution in [2.24, 2.45) is 0 Å². The Labute approximate surface area is 150 Å². The van der Waals surface area contributed by atoms with E-state index < -0.39 is 6.04 Å². The van der Waals surface area contributed by atoms with Crippen LogP contribution in [0.3, 0.4) is 0 Å². The van der Waals surface area contributed by atoms with Crippen molar-refractivity contribution in [3.63, 3.8) is 0 Å². The summed E-state index contributed by atoms with van der Waals surface area (Å²) in [6.45, 7) is 1.89. The maximum atomic E-state index is 12.7. The molecule has 0 saturated carbocycles. The maximum Gasteiger partial charge on any atom is 0.252 e. The van der Waals surface area contributed by atoms with E-state index in [-0.39, 0.29) is 11.7 Å². The number of ketones is 1. The molecule has 0 unspecified atom stereocenters. The maximum absolute atomic E-state index is 12.7. The Bertz CT molecular complexity index is 716. The van der Waals surface area contributed by atoms with E-state index in [0.717, 1.165) is 15.6 Å². The highest BCUT2D eigenvalue weighted by Crippen LogP contribution is 2.27. The minimum Gasteiger partial charge on any atom is -0.385 e. The first kappa shape index (κ1) is 18.4. The van der Waals surface area contributed by atoms with E-state index in [1.165, 1.54) is 6.92 Å². The number of amides is 1. The molecule has 2 aromatic carbocycles. The number of carbonyl (C=O) groups is 2. The van der Waals surface area contributed by atoms with E-state index in [4.69, 9.17) is 4.74 Å². The number of rotatable bonds is 7. The van der Waals surface area contributed by atoms with Gasteiger partial charge >= 0.3 is 0 Å². The number of carbonyl (C=O) groups excluding carboxylic acids is 2. The van der Waals surface area contributed by atoms with Crippen molar-refractivity contribution < 1.29 is 14.3 Å². The fourth-order valence-corrected chi connectivity index (χ4v) is 2.78. The number of Topliss-reactive ketones (excluding diaryl/α,β-unsaturated/α-hetero) is 1. The molecule has 0 heterocycles. The van der Waals surface area contributed by atoms with Crippen LogP contribution in [-0.2, 0) is 9.53 Å². The quantitative estimate of drug-likeness (QED) is 0.782. The van der Waals surface area contributed by atoms with Gasteiger partial charge in [0, 0.05) is 23.8 Å². The van der Waals surface area contributed by atoms with Gasteiger partial charge < -0.3 is 10.1 Å². The standard InChI is InChI=1S/C19H20BrNO3/c1-13(22)18(10-11-24-2)21-19(23)16-9-8-15(20)12-17(16)14-6-4-3-5-7-14/h3-9,12,18H,10-11H2,1-2H3,(H,21,23)/t18-/m0/s1. The zero-order valence-corrected chi connectivity index (χ0v) is 15.3. The number of hydrogen-bond donors (Lipinski definition) is 1. The molecule has 0 aliphatic heterocycles. The molecule has 4 nitrogen and oxygen atoms in total. The predicted molar refractivity (Wildman–Crippen MR) is 98.0 cm³/mol. The summed E-state index contributed by atoms with van der Waals surface area (Å²) >= 11 is 3.45. The SMILES string of the molecule is COCC[C@H](NC(=O)c1ccc(Br)cc1-c1ccccc1)C(C)=O. The summed E-state index contributed by atoms with van der Waals surface area (Å²) in [5, 5.41) is 2.81. The Balaban J connectivity index is 2.31. The van der Waals surface area contributed by atoms with Crippen LogP contribution >= 0.6 is 15.9 Å². The van der Waals surface area contributed by atoms with Crippen LogP contribution in [0.2, 0.25) is 0 Å². The first-order chi connectivity index (χ1) is 11.5. The van der Waals surface area contributed by atoms with Crippen molar-refractivity contribution in [2.45, 2.75) is 19.4 Å². The molecular formula is C19H20BrNO3. The number of methoxy groups -OCH3 is 1. The van der Waals surface area contributed by atoms with Crippen molar-refractivity contribution in [2.75, 3.05) is 13.7 Å². The summed E-state index contributed by atoms with van der Waals surface area (Å²) in [6, 6.07) is 14.6. The Morgan fingerprint density at radius 1 is 1.17 bits per heavy atom. The van der Waals surface area contributed by atoms with E-state index in [1.807, 2.05) is 42.5 Å². The van der Waals surface area contributed by atoms with Crippen LogP contribution in [0.4, 0.5) is 0 Å². The first-order valence-corrected chi connectivity index (χ1v) is 8.47. The van der Waals surface area contributed by atoms with Crippen LogP contribution in [0.1, 0.15) is 23.7 Å². The van der Waals surface area contributed by atoms with Gasteiger partial charge in [-0.05, 0) is 42.7 Å². The molecule has 1 N–H and O–H groups in total. The van der Waals surface area contributed by atoms with Crippen molar-refractivity contribution in [3.05, 3.63) is 58.6 Å². The molecule has 0 aliphatic carbocycles. The van der Waals surface area contributed by atoms with Gasteiger partial charge in [-0.3, -0.25) is 9.59 Å². The number of halogens is 1. The summed E-state index contributed by atoms with van der Waals surface area (Å²) in [5.41, 5.74) is 2.30. The summed E-state index contributed by atoms with van der Waals surface area (Å²) < 4.78 is 5.90. The number of ether oxygens (including phenoxy) is 1.